The summed E-state index contributed by atoms with van der Waals surface area (Å²) in [5.74, 6) is 0.158. The molecule has 2 aromatic rings. The van der Waals surface area contributed by atoms with Crippen LogP contribution in [0.5, 0.6) is 0 Å². The van der Waals surface area contributed by atoms with Crippen LogP contribution in [0.1, 0.15) is 68.1 Å². The minimum atomic E-state index is -0.776. The number of nitrogens with one attached hydrogen (secondary N) is 1. The first-order valence-electron chi connectivity index (χ1n) is 13.0. The van der Waals surface area contributed by atoms with Gasteiger partial charge in [0.05, 0.1) is 36.1 Å². The Labute approximate surface area is 209 Å². The van der Waals surface area contributed by atoms with Crippen LogP contribution >= 0.6 is 0 Å². The van der Waals surface area contributed by atoms with Crippen LogP contribution in [0, 0.1) is 5.92 Å². The van der Waals surface area contributed by atoms with Gasteiger partial charge in [-0.1, -0.05) is 38.1 Å². The quantitative estimate of drug-likeness (QED) is 0.674. The fourth-order valence-electron chi connectivity index (χ4n) is 5.95. The summed E-state index contributed by atoms with van der Waals surface area (Å²) in [4.78, 5) is 18.0. The second-order valence-corrected chi connectivity index (χ2v) is 11.6. The molecule has 0 spiro atoms. The Morgan fingerprint density at radius 1 is 1.11 bits per heavy atom. The minimum Gasteiger partial charge on any atom is -0.390 e. The molecule has 2 atom stereocenters. The molecule has 6 nitrogen and oxygen atoms in total. The van der Waals surface area contributed by atoms with E-state index in [0.717, 1.165) is 50.4 Å². The third-order valence-corrected chi connectivity index (χ3v) is 8.18. The molecule has 35 heavy (non-hydrogen) atoms. The number of fused-ring (bicyclic) bond motifs is 1. The van der Waals surface area contributed by atoms with Crippen molar-refractivity contribution in [2.75, 3.05) is 49.6 Å². The number of para-hydroxylation sites is 1. The van der Waals surface area contributed by atoms with Gasteiger partial charge in [-0.3, -0.25) is 4.79 Å². The van der Waals surface area contributed by atoms with E-state index in [1.54, 1.807) is 0 Å². The molecule has 0 bridgehead atoms. The average molecular weight is 478 g/mol. The average Bonchev–Trinajstić information content (AvgIpc) is 3.35. The van der Waals surface area contributed by atoms with E-state index < -0.39 is 5.60 Å². The number of nitrogens with zero attached hydrogens (tertiary/aromatic N) is 2. The van der Waals surface area contributed by atoms with E-state index in [0.29, 0.717) is 13.1 Å². The molecule has 2 fully saturated rings. The van der Waals surface area contributed by atoms with E-state index >= 15 is 0 Å². The van der Waals surface area contributed by atoms with Gasteiger partial charge in [0, 0.05) is 37.8 Å². The van der Waals surface area contributed by atoms with E-state index in [2.05, 4.69) is 54.4 Å². The molecule has 2 unspecified atom stereocenters. The largest absolute Gasteiger partial charge is 0.390 e. The van der Waals surface area contributed by atoms with Gasteiger partial charge in [0.25, 0.3) is 5.91 Å². The van der Waals surface area contributed by atoms with Gasteiger partial charge in [-0.05, 0) is 61.4 Å². The number of morpholine rings is 1. The number of carbonyl (C=O) groups is 1. The number of hydrogen-bond donors (Lipinski definition) is 2. The molecule has 188 valence electrons. The second-order valence-electron chi connectivity index (χ2n) is 11.6. The van der Waals surface area contributed by atoms with Crippen LogP contribution in [-0.2, 0) is 10.2 Å². The standard InChI is InChI=1S/C29H39N3O3/c1-28(2)18-25(20-7-5-8-22(17-20)31-13-15-35-16-14-31)30-26-23(9-6-10-24(26)28)27(33)32-12-11-21(19-32)29(3,4)34/h5-10,17,21,25,30,34H,11-16,18-19H2,1-4H3. The van der Waals surface area contributed by atoms with Crippen LogP contribution in [0.4, 0.5) is 11.4 Å². The smallest absolute Gasteiger partial charge is 0.255 e. The molecule has 0 saturated carbocycles. The summed E-state index contributed by atoms with van der Waals surface area (Å²) in [6.07, 6.45) is 1.79. The SMILES string of the molecule is CC1(C)CC(c2cccc(N3CCOCC3)c2)Nc2c(C(=O)N3CCC(C(C)(C)O)C3)cccc21. The molecule has 1 amide bonds. The predicted octanol–water partition coefficient (Wildman–Crippen LogP) is 4.59. The maximum absolute atomic E-state index is 13.7. The van der Waals surface area contributed by atoms with Crippen molar-refractivity contribution in [1.29, 1.82) is 0 Å². The van der Waals surface area contributed by atoms with Crippen molar-refractivity contribution in [3.05, 3.63) is 59.2 Å². The van der Waals surface area contributed by atoms with Gasteiger partial charge in [-0.2, -0.15) is 0 Å². The topological polar surface area (TPSA) is 65.0 Å². The normalized spacial score (nSPS) is 24.1. The Hall–Kier alpha value is -2.57. The van der Waals surface area contributed by atoms with Gasteiger partial charge in [0.2, 0.25) is 0 Å². The van der Waals surface area contributed by atoms with Crippen molar-refractivity contribution in [2.45, 2.75) is 57.6 Å². The van der Waals surface area contributed by atoms with Gasteiger partial charge in [-0.15, -0.1) is 0 Å². The zero-order valence-corrected chi connectivity index (χ0v) is 21.5. The van der Waals surface area contributed by atoms with Crippen molar-refractivity contribution in [2.24, 2.45) is 5.92 Å². The van der Waals surface area contributed by atoms with Crippen LogP contribution in [0.2, 0.25) is 0 Å². The summed E-state index contributed by atoms with van der Waals surface area (Å²) in [5, 5.41) is 14.2. The third-order valence-electron chi connectivity index (χ3n) is 8.18. The molecule has 0 radical (unpaired) electrons. The van der Waals surface area contributed by atoms with Crippen molar-refractivity contribution in [3.8, 4) is 0 Å². The predicted molar refractivity (Wildman–Crippen MR) is 140 cm³/mol. The summed E-state index contributed by atoms with van der Waals surface area (Å²) in [5.41, 5.74) is 4.53. The molecular formula is C29H39N3O3. The fraction of sp³-hybridized carbons (Fsp3) is 0.552. The first-order chi connectivity index (χ1) is 16.6. The highest BCUT2D eigenvalue weighted by Gasteiger charge is 2.39. The molecule has 0 aromatic heterocycles. The maximum atomic E-state index is 13.7. The number of likely N-dealkylation sites (tertiary alicyclic amines) is 1. The number of ether oxygens (including phenoxy) is 1. The lowest BCUT2D eigenvalue weighted by molar-refractivity contribution is 0.0211. The number of hydrogen-bond acceptors (Lipinski definition) is 5. The lowest BCUT2D eigenvalue weighted by Crippen LogP contribution is -2.37. The summed E-state index contributed by atoms with van der Waals surface area (Å²) in [6, 6.07) is 15.1. The molecule has 3 aliphatic rings. The van der Waals surface area contributed by atoms with Crippen LogP contribution < -0.4 is 10.2 Å². The van der Waals surface area contributed by atoms with E-state index in [4.69, 9.17) is 4.74 Å². The summed E-state index contributed by atoms with van der Waals surface area (Å²) in [7, 11) is 0. The van der Waals surface area contributed by atoms with E-state index in [1.165, 1.54) is 16.8 Å². The molecule has 6 heteroatoms. The molecule has 5 rings (SSSR count). The van der Waals surface area contributed by atoms with Gasteiger partial charge < -0.3 is 25.0 Å². The molecule has 2 aromatic carbocycles. The maximum Gasteiger partial charge on any atom is 0.255 e. The number of amides is 1. The van der Waals surface area contributed by atoms with Gasteiger partial charge in [-0.25, -0.2) is 0 Å². The van der Waals surface area contributed by atoms with Crippen molar-refractivity contribution >= 4 is 17.3 Å². The number of aliphatic hydroxyl groups is 1. The van der Waals surface area contributed by atoms with Gasteiger partial charge in [0.1, 0.15) is 0 Å². The molecule has 2 N–H and O–H groups in total. The molecule has 3 aliphatic heterocycles. The van der Waals surface area contributed by atoms with Crippen LogP contribution in [0.25, 0.3) is 0 Å². The van der Waals surface area contributed by atoms with Crippen molar-refractivity contribution < 1.29 is 14.6 Å². The number of carbonyl (C=O) groups excluding carboxylic acids is 1. The summed E-state index contributed by atoms with van der Waals surface area (Å²) in [6.45, 7) is 12.9. The Morgan fingerprint density at radius 3 is 2.57 bits per heavy atom. The zero-order valence-electron chi connectivity index (χ0n) is 21.5. The van der Waals surface area contributed by atoms with Crippen molar-refractivity contribution in [3.63, 3.8) is 0 Å². The summed E-state index contributed by atoms with van der Waals surface area (Å²) < 4.78 is 5.53. The van der Waals surface area contributed by atoms with E-state index in [1.807, 2.05) is 30.9 Å². The lowest BCUT2D eigenvalue weighted by Gasteiger charge is -2.40. The molecular weight excluding hydrogens is 438 g/mol. The monoisotopic (exact) mass is 477 g/mol. The van der Waals surface area contributed by atoms with Crippen molar-refractivity contribution in [1.82, 2.24) is 4.90 Å². The highest BCUT2D eigenvalue weighted by Crippen LogP contribution is 2.46. The highest BCUT2D eigenvalue weighted by atomic mass is 16.5. The minimum absolute atomic E-state index is 0.0552. The molecule has 2 saturated heterocycles. The Balaban J connectivity index is 1.43. The number of anilines is 2. The van der Waals surface area contributed by atoms with Crippen LogP contribution in [0.3, 0.4) is 0 Å². The Bertz CT molecular complexity index is 1080. The van der Waals surface area contributed by atoms with Crippen LogP contribution in [0.15, 0.2) is 42.5 Å². The first kappa shape index (κ1) is 24.1. The second kappa shape index (κ2) is 9.14. The Morgan fingerprint density at radius 2 is 1.86 bits per heavy atom. The van der Waals surface area contributed by atoms with Crippen LogP contribution in [-0.4, -0.2) is 60.9 Å². The fourth-order valence-corrected chi connectivity index (χ4v) is 5.95. The zero-order chi connectivity index (χ0) is 24.8. The Kier molecular flexibility index (Phi) is 6.30. The molecule has 3 heterocycles. The van der Waals surface area contributed by atoms with Gasteiger partial charge >= 0.3 is 0 Å². The van der Waals surface area contributed by atoms with Gasteiger partial charge in [0.15, 0.2) is 0 Å². The first-order valence-corrected chi connectivity index (χ1v) is 13.0. The lowest BCUT2D eigenvalue weighted by atomic mass is 9.73. The van der Waals surface area contributed by atoms with E-state index in [-0.39, 0.29) is 23.3 Å². The number of benzene rings is 2. The third kappa shape index (κ3) is 4.78. The molecule has 0 aliphatic carbocycles. The number of rotatable bonds is 4. The van der Waals surface area contributed by atoms with E-state index in [9.17, 15) is 9.90 Å². The summed E-state index contributed by atoms with van der Waals surface area (Å²) >= 11 is 0. The highest BCUT2D eigenvalue weighted by molar-refractivity contribution is 6.01.